The summed E-state index contributed by atoms with van der Waals surface area (Å²) in [6.07, 6.45) is 2.56. The second-order valence-electron chi connectivity index (χ2n) is 1.28. The third-order valence-corrected chi connectivity index (χ3v) is 0.654. The molecule has 0 aliphatic heterocycles. The van der Waals surface area contributed by atoms with Gasteiger partial charge in [-0.2, -0.15) is 0 Å². The van der Waals surface area contributed by atoms with Gasteiger partial charge >= 0.3 is 0 Å². The standard InChI is InChI=1S/C5H10NO/c1-2-3-4-6-5-7/h5H,1-4H2,(H,6,7). The van der Waals surface area contributed by atoms with Crippen LogP contribution in [0.25, 0.3) is 0 Å². The van der Waals surface area contributed by atoms with Gasteiger partial charge in [-0.1, -0.05) is 13.3 Å². The molecule has 2 nitrogen and oxygen atoms in total. The van der Waals surface area contributed by atoms with E-state index in [1.54, 1.807) is 0 Å². The van der Waals surface area contributed by atoms with E-state index in [1.807, 2.05) is 0 Å². The van der Waals surface area contributed by atoms with E-state index in [4.69, 9.17) is 0 Å². The molecule has 0 fully saturated rings. The minimum Gasteiger partial charge on any atom is -0.359 e. The Morgan fingerprint density at radius 1 is 1.71 bits per heavy atom. The van der Waals surface area contributed by atoms with Gasteiger partial charge in [0.1, 0.15) is 0 Å². The first-order valence-corrected chi connectivity index (χ1v) is 2.38. The molecule has 0 saturated carbocycles. The largest absolute Gasteiger partial charge is 0.359 e. The van der Waals surface area contributed by atoms with E-state index in [0.29, 0.717) is 6.41 Å². The van der Waals surface area contributed by atoms with Crippen molar-refractivity contribution in [1.29, 1.82) is 0 Å². The molecular formula is C5H10NO. The van der Waals surface area contributed by atoms with Crippen LogP contribution in [0.4, 0.5) is 0 Å². The minimum absolute atomic E-state index is 0.704. The van der Waals surface area contributed by atoms with Crippen LogP contribution in [0.5, 0.6) is 0 Å². The zero-order chi connectivity index (χ0) is 5.54. The Hall–Kier alpha value is -0.530. The van der Waals surface area contributed by atoms with Crippen LogP contribution in [0, 0.1) is 6.92 Å². The lowest BCUT2D eigenvalue weighted by Crippen LogP contribution is -2.11. The van der Waals surface area contributed by atoms with Gasteiger partial charge in [0.15, 0.2) is 0 Å². The fourth-order valence-electron chi connectivity index (χ4n) is 0.286. The SMILES string of the molecule is [CH2]CCCNC=O. The van der Waals surface area contributed by atoms with E-state index in [9.17, 15) is 4.79 Å². The molecule has 41 valence electrons. The zero-order valence-corrected chi connectivity index (χ0v) is 4.31. The van der Waals surface area contributed by atoms with Gasteiger partial charge in [-0.05, 0) is 6.42 Å². The normalized spacial score (nSPS) is 8.14. The molecule has 2 heteroatoms. The quantitative estimate of drug-likeness (QED) is 0.400. The first kappa shape index (κ1) is 6.47. The van der Waals surface area contributed by atoms with E-state index in [1.165, 1.54) is 0 Å². The lowest BCUT2D eigenvalue weighted by molar-refractivity contribution is -0.109. The number of rotatable bonds is 4. The maximum atomic E-state index is 9.55. The first-order chi connectivity index (χ1) is 3.41. The van der Waals surface area contributed by atoms with Crippen molar-refractivity contribution in [3.05, 3.63) is 6.92 Å². The summed E-state index contributed by atoms with van der Waals surface area (Å²) in [7, 11) is 0. The number of nitrogens with one attached hydrogen (secondary N) is 1. The highest BCUT2D eigenvalue weighted by atomic mass is 16.1. The summed E-state index contributed by atoms with van der Waals surface area (Å²) in [5, 5.41) is 2.53. The van der Waals surface area contributed by atoms with E-state index in [0.717, 1.165) is 19.4 Å². The average Bonchev–Trinajstić information content (AvgIpc) is 1.69. The van der Waals surface area contributed by atoms with E-state index < -0.39 is 0 Å². The molecular weight excluding hydrogens is 90.1 g/mol. The Morgan fingerprint density at radius 3 is 2.86 bits per heavy atom. The topological polar surface area (TPSA) is 29.1 Å². The predicted octanol–water partition coefficient (Wildman–Crippen LogP) is 0.347. The molecule has 0 saturated heterocycles. The number of hydrogen-bond donors (Lipinski definition) is 1. The maximum absolute atomic E-state index is 9.55. The number of carbonyl (C=O) groups is 1. The van der Waals surface area contributed by atoms with Crippen molar-refractivity contribution in [3.63, 3.8) is 0 Å². The van der Waals surface area contributed by atoms with E-state index >= 15 is 0 Å². The molecule has 0 aliphatic carbocycles. The molecule has 1 radical (unpaired) electrons. The van der Waals surface area contributed by atoms with Gasteiger partial charge in [0, 0.05) is 6.54 Å². The maximum Gasteiger partial charge on any atom is 0.207 e. The van der Waals surface area contributed by atoms with Gasteiger partial charge in [0.05, 0.1) is 0 Å². The highest BCUT2D eigenvalue weighted by Crippen LogP contribution is 1.78. The van der Waals surface area contributed by atoms with Crippen LogP contribution in [0.2, 0.25) is 0 Å². The summed E-state index contributed by atoms with van der Waals surface area (Å²) in [6.45, 7) is 4.36. The second kappa shape index (κ2) is 5.47. The van der Waals surface area contributed by atoms with Crippen LogP contribution < -0.4 is 5.32 Å². The van der Waals surface area contributed by atoms with Crippen LogP contribution in [-0.4, -0.2) is 13.0 Å². The molecule has 0 heterocycles. The molecule has 1 N–H and O–H groups in total. The van der Waals surface area contributed by atoms with Crippen LogP contribution >= 0.6 is 0 Å². The summed E-state index contributed by atoms with van der Waals surface area (Å²) in [5.41, 5.74) is 0. The number of amides is 1. The summed E-state index contributed by atoms with van der Waals surface area (Å²) < 4.78 is 0. The van der Waals surface area contributed by atoms with Gasteiger partial charge in [-0.15, -0.1) is 0 Å². The summed E-state index contributed by atoms with van der Waals surface area (Å²) in [6, 6.07) is 0. The van der Waals surface area contributed by atoms with E-state index in [2.05, 4.69) is 12.2 Å². The third kappa shape index (κ3) is 5.47. The molecule has 0 bridgehead atoms. The van der Waals surface area contributed by atoms with Gasteiger partial charge in [-0.3, -0.25) is 4.79 Å². The second-order valence-corrected chi connectivity index (χ2v) is 1.28. The van der Waals surface area contributed by atoms with Gasteiger partial charge in [0.2, 0.25) is 6.41 Å². The van der Waals surface area contributed by atoms with Crippen LogP contribution in [0.15, 0.2) is 0 Å². The molecule has 0 atom stereocenters. The molecule has 0 unspecified atom stereocenters. The van der Waals surface area contributed by atoms with E-state index in [-0.39, 0.29) is 0 Å². The first-order valence-electron chi connectivity index (χ1n) is 2.38. The molecule has 0 aromatic rings. The number of unbranched alkanes of at least 4 members (excludes halogenated alkanes) is 1. The van der Waals surface area contributed by atoms with Crippen molar-refractivity contribution in [2.45, 2.75) is 12.8 Å². The van der Waals surface area contributed by atoms with Crippen molar-refractivity contribution in [2.75, 3.05) is 6.54 Å². The van der Waals surface area contributed by atoms with Gasteiger partial charge < -0.3 is 5.32 Å². The van der Waals surface area contributed by atoms with Crippen LogP contribution in [0.3, 0.4) is 0 Å². The van der Waals surface area contributed by atoms with Crippen molar-refractivity contribution in [2.24, 2.45) is 0 Å². The fourth-order valence-corrected chi connectivity index (χ4v) is 0.286. The molecule has 0 aliphatic rings. The molecule has 0 aromatic carbocycles. The monoisotopic (exact) mass is 100 g/mol. The summed E-state index contributed by atoms with van der Waals surface area (Å²) in [5.74, 6) is 0. The van der Waals surface area contributed by atoms with Gasteiger partial charge in [0.25, 0.3) is 0 Å². The summed E-state index contributed by atoms with van der Waals surface area (Å²) >= 11 is 0. The molecule has 0 spiro atoms. The molecule has 0 aromatic heterocycles. The van der Waals surface area contributed by atoms with Crippen LogP contribution in [-0.2, 0) is 4.79 Å². The lowest BCUT2D eigenvalue weighted by Gasteiger charge is -1.90. The molecule has 7 heavy (non-hydrogen) atoms. The van der Waals surface area contributed by atoms with Crippen molar-refractivity contribution >= 4 is 6.41 Å². The number of hydrogen-bond acceptors (Lipinski definition) is 1. The average molecular weight is 100 g/mol. The Bertz CT molecular complexity index is 45.3. The van der Waals surface area contributed by atoms with Gasteiger partial charge in [-0.25, -0.2) is 0 Å². The molecule has 0 rings (SSSR count). The van der Waals surface area contributed by atoms with Crippen molar-refractivity contribution in [1.82, 2.24) is 5.32 Å². The summed E-state index contributed by atoms with van der Waals surface area (Å²) in [4.78, 5) is 9.55. The van der Waals surface area contributed by atoms with Crippen molar-refractivity contribution in [3.8, 4) is 0 Å². The third-order valence-electron chi connectivity index (χ3n) is 0.654. The Balaban J connectivity index is 2.56. The fraction of sp³-hybridized carbons (Fsp3) is 0.600. The van der Waals surface area contributed by atoms with Crippen molar-refractivity contribution < 1.29 is 4.79 Å². The predicted molar refractivity (Wildman–Crippen MR) is 28.7 cm³/mol. The highest BCUT2D eigenvalue weighted by molar-refractivity contribution is 5.45. The Labute approximate surface area is 43.9 Å². The Morgan fingerprint density at radius 2 is 2.43 bits per heavy atom. The number of carbonyl (C=O) groups excluding carboxylic acids is 1. The minimum atomic E-state index is 0.704. The Kier molecular flexibility index (Phi) is 5.06. The lowest BCUT2D eigenvalue weighted by atomic mass is 10.3. The highest BCUT2D eigenvalue weighted by Gasteiger charge is 1.76. The molecule has 1 amide bonds. The smallest absolute Gasteiger partial charge is 0.207 e. The van der Waals surface area contributed by atoms with Crippen LogP contribution in [0.1, 0.15) is 12.8 Å². The zero-order valence-electron chi connectivity index (χ0n) is 4.31.